The van der Waals surface area contributed by atoms with Crippen molar-refractivity contribution in [1.29, 1.82) is 0 Å². The van der Waals surface area contributed by atoms with E-state index in [1.165, 1.54) is 0 Å². The predicted molar refractivity (Wildman–Crippen MR) is 103 cm³/mol. The van der Waals surface area contributed by atoms with E-state index in [2.05, 4.69) is 17.2 Å². The first kappa shape index (κ1) is 19.1. The molecule has 1 aliphatic heterocycles. The number of amides is 2. The zero-order chi connectivity index (χ0) is 19.2. The molecular formula is C20H28N4O3. The number of para-hydroxylation sites is 1. The third-order valence-corrected chi connectivity index (χ3v) is 4.79. The molecule has 0 spiro atoms. The number of benzene rings is 1. The van der Waals surface area contributed by atoms with Crippen LogP contribution in [-0.2, 0) is 13.6 Å². The number of rotatable bonds is 5. The molecule has 0 saturated heterocycles. The van der Waals surface area contributed by atoms with Crippen LogP contribution in [0.4, 0.5) is 4.79 Å². The van der Waals surface area contributed by atoms with Crippen LogP contribution in [0, 0.1) is 0 Å². The molecule has 1 atom stereocenters. The van der Waals surface area contributed by atoms with Gasteiger partial charge in [-0.2, -0.15) is 0 Å². The Morgan fingerprint density at radius 1 is 1.44 bits per heavy atom. The van der Waals surface area contributed by atoms with Crippen LogP contribution in [0.3, 0.4) is 0 Å². The van der Waals surface area contributed by atoms with E-state index in [4.69, 9.17) is 9.47 Å². The first-order valence-electron chi connectivity index (χ1n) is 9.45. The van der Waals surface area contributed by atoms with Crippen molar-refractivity contribution in [3.05, 3.63) is 42.0 Å². The second kappa shape index (κ2) is 8.79. The minimum Gasteiger partial charge on any atom is -0.493 e. The third-order valence-electron chi connectivity index (χ3n) is 4.79. The van der Waals surface area contributed by atoms with E-state index in [9.17, 15) is 4.79 Å². The van der Waals surface area contributed by atoms with Gasteiger partial charge in [0.1, 0.15) is 5.82 Å². The zero-order valence-electron chi connectivity index (χ0n) is 16.3. The summed E-state index contributed by atoms with van der Waals surface area (Å²) in [5.74, 6) is 2.31. The molecule has 0 saturated carbocycles. The number of hydrogen-bond donors (Lipinski definition) is 1. The fraction of sp³-hybridized carbons (Fsp3) is 0.500. The first-order valence-corrected chi connectivity index (χ1v) is 9.45. The highest BCUT2D eigenvalue weighted by molar-refractivity contribution is 5.75. The molecule has 0 bridgehead atoms. The van der Waals surface area contributed by atoms with Gasteiger partial charge in [0.2, 0.25) is 0 Å². The third kappa shape index (κ3) is 4.35. The number of urea groups is 1. The van der Waals surface area contributed by atoms with Crippen LogP contribution in [0.15, 0.2) is 30.6 Å². The maximum atomic E-state index is 13.0. The highest BCUT2D eigenvalue weighted by Gasteiger charge is 2.24. The van der Waals surface area contributed by atoms with Crippen molar-refractivity contribution in [3.8, 4) is 11.5 Å². The average Bonchev–Trinajstić information content (AvgIpc) is 3.07. The molecule has 0 radical (unpaired) electrons. The Balaban J connectivity index is 1.78. The van der Waals surface area contributed by atoms with Crippen LogP contribution in [0.25, 0.3) is 0 Å². The molecule has 1 N–H and O–H groups in total. The predicted octanol–water partition coefficient (Wildman–Crippen LogP) is 3.26. The Morgan fingerprint density at radius 2 is 2.30 bits per heavy atom. The van der Waals surface area contributed by atoms with E-state index in [1.807, 2.05) is 40.9 Å². The highest BCUT2D eigenvalue weighted by atomic mass is 16.5. The van der Waals surface area contributed by atoms with Gasteiger partial charge in [0, 0.05) is 31.5 Å². The average molecular weight is 372 g/mol. The molecule has 1 aliphatic rings. The summed E-state index contributed by atoms with van der Waals surface area (Å²) in [6.45, 7) is 3.78. The lowest BCUT2D eigenvalue weighted by Gasteiger charge is -2.29. The molecule has 7 nitrogen and oxygen atoms in total. The summed E-state index contributed by atoms with van der Waals surface area (Å²) in [7, 11) is 3.58. The van der Waals surface area contributed by atoms with Crippen molar-refractivity contribution in [3.63, 3.8) is 0 Å². The summed E-state index contributed by atoms with van der Waals surface area (Å²) >= 11 is 0. The number of aryl methyl sites for hydroxylation is 1. The Bertz CT molecular complexity index is 774. The lowest BCUT2D eigenvalue weighted by atomic mass is 10.1. The summed E-state index contributed by atoms with van der Waals surface area (Å²) < 4.78 is 13.2. The smallest absolute Gasteiger partial charge is 0.318 e. The van der Waals surface area contributed by atoms with Gasteiger partial charge in [-0.1, -0.05) is 25.5 Å². The SMILES string of the molecule is CCCC(NC(=O)N1CCCOc2c(cccc2OC)C1)c1nccn1C. The van der Waals surface area contributed by atoms with Gasteiger partial charge in [0.15, 0.2) is 11.5 Å². The molecule has 2 heterocycles. The molecule has 27 heavy (non-hydrogen) atoms. The largest absolute Gasteiger partial charge is 0.493 e. The van der Waals surface area contributed by atoms with Gasteiger partial charge >= 0.3 is 6.03 Å². The van der Waals surface area contributed by atoms with Crippen molar-refractivity contribution in [2.45, 2.75) is 38.8 Å². The summed E-state index contributed by atoms with van der Waals surface area (Å²) in [6.07, 6.45) is 6.25. The number of fused-ring (bicyclic) bond motifs is 1. The van der Waals surface area contributed by atoms with Crippen LogP contribution in [0.2, 0.25) is 0 Å². The molecule has 2 aromatic rings. The van der Waals surface area contributed by atoms with Gasteiger partial charge in [-0.3, -0.25) is 0 Å². The summed E-state index contributed by atoms with van der Waals surface area (Å²) in [6, 6.07) is 5.60. The van der Waals surface area contributed by atoms with Crippen molar-refractivity contribution in [1.82, 2.24) is 19.8 Å². The van der Waals surface area contributed by atoms with Crippen LogP contribution in [-0.4, -0.2) is 40.7 Å². The number of imidazole rings is 1. The van der Waals surface area contributed by atoms with E-state index in [0.29, 0.717) is 25.4 Å². The number of carbonyl (C=O) groups excluding carboxylic acids is 1. The fourth-order valence-corrected chi connectivity index (χ4v) is 3.41. The van der Waals surface area contributed by atoms with Crippen LogP contribution in [0.1, 0.15) is 43.6 Å². The molecule has 2 amide bonds. The molecule has 1 aromatic carbocycles. The lowest BCUT2D eigenvalue weighted by molar-refractivity contribution is 0.175. The number of nitrogens with zero attached hydrogens (tertiary/aromatic N) is 3. The normalized spacial score (nSPS) is 15.1. The molecule has 146 valence electrons. The minimum absolute atomic E-state index is 0.0767. The van der Waals surface area contributed by atoms with Gasteiger partial charge in [-0.25, -0.2) is 9.78 Å². The van der Waals surface area contributed by atoms with Gasteiger partial charge in [-0.05, 0) is 18.9 Å². The van der Waals surface area contributed by atoms with E-state index < -0.39 is 0 Å². The molecule has 0 aliphatic carbocycles. The van der Waals surface area contributed by atoms with Gasteiger partial charge in [-0.15, -0.1) is 0 Å². The first-order chi connectivity index (χ1) is 13.1. The monoisotopic (exact) mass is 372 g/mol. The van der Waals surface area contributed by atoms with Crippen molar-refractivity contribution in [2.24, 2.45) is 7.05 Å². The van der Waals surface area contributed by atoms with Gasteiger partial charge in [0.25, 0.3) is 0 Å². The summed E-state index contributed by atoms with van der Waals surface area (Å²) in [5, 5.41) is 3.17. The van der Waals surface area contributed by atoms with Gasteiger partial charge in [0.05, 0.1) is 26.3 Å². The van der Waals surface area contributed by atoms with Crippen LogP contribution < -0.4 is 14.8 Å². The van der Waals surface area contributed by atoms with Crippen molar-refractivity contribution >= 4 is 6.03 Å². The number of methoxy groups -OCH3 is 1. The number of aromatic nitrogens is 2. The highest BCUT2D eigenvalue weighted by Crippen LogP contribution is 2.33. The molecular weight excluding hydrogens is 344 g/mol. The number of carbonyl (C=O) groups is 1. The maximum absolute atomic E-state index is 13.0. The van der Waals surface area contributed by atoms with Crippen molar-refractivity contribution in [2.75, 3.05) is 20.3 Å². The Labute approximate surface area is 160 Å². The van der Waals surface area contributed by atoms with E-state index in [0.717, 1.165) is 36.4 Å². The molecule has 3 rings (SSSR count). The zero-order valence-corrected chi connectivity index (χ0v) is 16.3. The second-order valence-electron chi connectivity index (χ2n) is 6.76. The lowest BCUT2D eigenvalue weighted by Crippen LogP contribution is -2.43. The standard InChI is InChI=1S/C20H28N4O3/c1-4-7-16(19-21-10-12-23(19)2)22-20(25)24-11-6-13-27-18-15(14-24)8-5-9-17(18)26-3/h5,8-10,12,16H,4,6-7,11,13-14H2,1-3H3,(H,22,25). The fourth-order valence-electron chi connectivity index (χ4n) is 3.41. The van der Waals surface area contributed by atoms with Gasteiger partial charge < -0.3 is 24.3 Å². The minimum atomic E-state index is -0.103. The summed E-state index contributed by atoms with van der Waals surface area (Å²) in [5.41, 5.74) is 0.952. The molecule has 0 fully saturated rings. The molecule has 1 unspecified atom stereocenters. The summed E-state index contributed by atoms with van der Waals surface area (Å²) in [4.78, 5) is 19.3. The Kier molecular flexibility index (Phi) is 6.21. The number of ether oxygens (including phenoxy) is 2. The van der Waals surface area contributed by atoms with E-state index in [-0.39, 0.29) is 12.1 Å². The quantitative estimate of drug-likeness (QED) is 0.875. The maximum Gasteiger partial charge on any atom is 0.318 e. The Hall–Kier alpha value is -2.70. The number of hydrogen-bond acceptors (Lipinski definition) is 4. The van der Waals surface area contributed by atoms with Crippen LogP contribution in [0.5, 0.6) is 11.5 Å². The van der Waals surface area contributed by atoms with E-state index in [1.54, 1.807) is 13.3 Å². The second-order valence-corrected chi connectivity index (χ2v) is 6.76. The van der Waals surface area contributed by atoms with Crippen molar-refractivity contribution < 1.29 is 14.3 Å². The molecule has 1 aromatic heterocycles. The Morgan fingerprint density at radius 3 is 3.00 bits per heavy atom. The molecule has 7 heteroatoms. The topological polar surface area (TPSA) is 68.6 Å². The number of nitrogens with one attached hydrogen (secondary N) is 1. The van der Waals surface area contributed by atoms with Crippen LogP contribution >= 0.6 is 0 Å². The van der Waals surface area contributed by atoms with E-state index >= 15 is 0 Å².